The molecule has 162 valence electrons. The number of hydrogen-bond donors (Lipinski definition) is 2. The Morgan fingerprint density at radius 3 is 2.32 bits per heavy atom. The molecule has 31 heavy (non-hydrogen) atoms. The van der Waals surface area contributed by atoms with Crippen molar-refractivity contribution < 1.29 is 19.4 Å². The van der Waals surface area contributed by atoms with Gasteiger partial charge in [-0.2, -0.15) is 0 Å². The van der Waals surface area contributed by atoms with E-state index in [0.29, 0.717) is 44.4 Å². The highest BCUT2D eigenvalue weighted by Gasteiger charge is 2.15. The molecule has 0 bridgehead atoms. The van der Waals surface area contributed by atoms with Crippen LogP contribution < -0.4 is 14.8 Å². The molecule has 3 rings (SSSR count). The largest absolute Gasteiger partial charge is 0.493 e. The van der Waals surface area contributed by atoms with Crippen LogP contribution >= 0.6 is 46.4 Å². The van der Waals surface area contributed by atoms with Crippen LogP contribution in [0.2, 0.25) is 20.1 Å². The molecule has 0 heterocycles. The Kier molecular flexibility index (Phi) is 7.79. The second kappa shape index (κ2) is 10.3. The maximum atomic E-state index is 11.2. The summed E-state index contributed by atoms with van der Waals surface area (Å²) < 4.78 is 11.3. The highest BCUT2D eigenvalue weighted by molar-refractivity contribution is 6.36. The molecule has 0 spiro atoms. The summed E-state index contributed by atoms with van der Waals surface area (Å²) in [5, 5.41) is 13.8. The average molecular weight is 501 g/mol. The first kappa shape index (κ1) is 23.4. The van der Waals surface area contributed by atoms with Gasteiger partial charge < -0.3 is 19.9 Å². The normalized spacial score (nSPS) is 10.6. The van der Waals surface area contributed by atoms with Crippen molar-refractivity contribution in [1.29, 1.82) is 0 Å². The molecule has 0 amide bonds. The van der Waals surface area contributed by atoms with Gasteiger partial charge in [-0.25, -0.2) is 4.79 Å². The quantitative estimate of drug-likeness (QED) is 0.342. The van der Waals surface area contributed by atoms with Crippen LogP contribution in [0.3, 0.4) is 0 Å². The zero-order chi connectivity index (χ0) is 22.5. The number of carboxylic acids is 1. The van der Waals surface area contributed by atoms with Gasteiger partial charge in [-0.3, -0.25) is 0 Å². The molecule has 2 N–H and O–H groups in total. The molecule has 0 aliphatic heterocycles. The summed E-state index contributed by atoms with van der Waals surface area (Å²) in [5.41, 5.74) is 2.07. The summed E-state index contributed by atoms with van der Waals surface area (Å²) in [6.45, 7) is 0.488. The van der Waals surface area contributed by atoms with E-state index in [9.17, 15) is 9.90 Å². The number of benzene rings is 3. The molecule has 0 aromatic heterocycles. The first-order chi connectivity index (χ1) is 14.8. The smallest absolute Gasteiger partial charge is 0.337 e. The summed E-state index contributed by atoms with van der Waals surface area (Å²) >= 11 is 24.7. The van der Waals surface area contributed by atoms with Gasteiger partial charge in [0.15, 0.2) is 11.5 Å². The Balaban J connectivity index is 1.76. The fourth-order valence-corrected chi connectivity index (χ4v) is 3.83. The summed E-state index contributed by atoms with van der Waals surface area (Å²) in [5.74, 6) is -0.295. The minimum atomic E-state index is -1.10. The summed E-state index contributed by atoms with van der Waals surface area (Å²) in [6, 6.07) is 13.4. The number of ether oxygens (including phenoxy) is 2. The number of halogens is 4. The van der Waals surface area contributed by atoms with Crippen molar-refractivity contribution >= 4 is 58.1 Å². The molecule has 0 saturated carbocycles. The first-order valence-electron chi connectivity index (χ1n) is 8.99. The van der Waals surface area contributed by atoms with E-state index in [1.54, 1.807) is 36.4 Å². The minimum absolute atomic E-state index is 0.0178. The number of nitrogens with one attached hydrogen (secondary N) is 1. The monoisotopic (exact) mass is 499 g/mol. The van der Waals surface area contributed by atoms with Crippen molar-refractivity contribution in [3.05, 3.63) is 85.3 Å². The Labute approximate surface area is 199 Å². The van der Waals surface area contributed by atoms with Crippen LogP contribution in [0.4, 0.5) is 5.69 Å². The predicted molar refractivity (Wildman–Crippen MR) is 125 cm³/mol. The SMILES string of the molecule is COc1cc(CNc2ccc(Cl)c(C(=O)O)c2)cc(Cl)c1OCc1c(Cl)cccc1Cl. The zero-order valence-electron chi connectivity index (χ0n) is 16.2. The lowest BCUT2D eigenvalue weighted by atomic mass is 10.1. The molecule has 0 fully saturated rings. The molecule has 0 atom stereocenters. The molecular formula is C22H17Cl4NO4. The van der Waals surface area contributed by atoms with Crippen molar-refractivity contribution in [2.24, 2.45) is 0 Å². The van der Waals surface area contributed by atoms with Crippen LogP contribution in [0, 0.1) is 0 Å². The number of carbonyl (C=O) groups is 1. The molecular weight excluding hydrogens is 484 g/mol. The van der Waals surface area contributed by atoms with E-state index in [0.717, 1.165) is 5.56 Å². The highest BCUT2D eigenvalue weighted by atomic mass is 35.5. The third kappa shape index (κ3) is 5.69. The van der Waals surface area contributed by atoms with Crippen molar-refractivity contribution in [3.8, 4) is 11.5 Å². The van der Waals surface area contributed by atoms with Gasteiger partial charge >= 0.3 is 5.97 Å². The van der Waals surface area contributed by atoms with Crippen LogP contribution in [0.15, 0.2) is 48.5 Å². The highest BCUT2D eigenvalue weighted by Crippen LogP contribution is 2.38. The maximum absolute atomic E-state index is 11.2. The zero-order valence-corrected chi connectivity index (χ0v) is 19.2. The minimum Gasteiger partial charge on any atom is -0.493 e. The standard InChI is InChI=1S/C22H17Cl4NO4/c1-30-20-8-12(10-27-13-5-6-18(25)14(9-13)22(28)29)7-19(26)21(20)31-11-15-16(23)3-2-4-17(15)24/h2-9,27H,10-11H2,1H3,(H,28,29). The van der Waals surface area contributed by atoms with E-state index < -0.39 is 5.97 Å². The van der Waals surface area contributed by atoms with Gasteiger partial charge in [0.25, 0.3) is 0 Å². The Hall–Kier alpha value is -2.31. The molecule has 0 radical (unpaired) electrons. The summed E-state index contributed by atoms with van der Waals surface area (Å²) in [4.78, 5) is 11.2. The van der Waals surface area contributed by atoms with Gasteiger partial charge in [-0.15, -0.1) is 0 Å². The van der Waals surface area contributed by atoms with Crippen LogP contribution in [-0.2, 0) is 13.2 Å². The number of hydrogen-bond acceptors (Lipinski definition) is 4. The van der Waals surface area contributed by atoms with E-state index in [2.05, 4.69) is 5.32 Å². The van der Waals surface area contributed by atoms with Crippen LogP contribution in [0.5, 0.6) is 11.5 Å². The average Bonchev–Trinajstić information content (AvgIpc) is 2.73. The van der Waals surface area contributed by atoms with E-state index in [1.807, 2.05) is 0 Å². The number of carboxylic acid groups (broad SMARTS) is 1. The van der Waals surface area contributed by atoms with Gasteiger partial charge in [0, 0.05) is 27.8 Å². The van der Waals surface area contributed by atoms with E-state index >= 15 is 0 Å². The molecule has 3 aromatic rings. The maximum Gasteiger partial charge on any atom is 0.337 e. The number of aromatic carboxylic acids is 1. The second-order valence-electron chi connectivity index (χ2n) is 6.45. The van der Waals surface area contributed by atoms with Gasteiger partial charge in [-0.05, 0) is 48.0 Å². The lowest BCUT2D eigenvalue weighted by Gasteiger charge is -2.16. The number of anilines is 1. The molecule has 9 heteroatoms. The molecule has 0 unspecified atom stereocenters. The summed E-state index contributed by atoms with van der Waals surface area (Å²) in [6.07, 6.45) is 0. The second-order valence-corrected chi connectivity index (χ2v) is 8.08. The van der Waals surface area contributed by atoms with Gasteiger partial charge in [0.2, 0.25) is 0 Å². The van der Waals surface area contributed by atoms with Crippen LogP contribution in [0.1, 0.15) is 21.5 Å². The fourth-order valence-electron chi connectivity index (χ4n) is 2.83. The van der Waals surface area contributed by atoms with Crippen molar-refractivity contribution in [3.63, 3.8) is 0 Å². The Morgan fingerprint density at radius 1 is 0.968 bits per heavy atom. The lowest BCUT2D eigenvalue weighted by molar-refractivity contribution is 0.0697. The Morgan fingerprint density at radius 2 is 1.68 bits per heavy atom. The van der Waals surface area contributed by atoms with Gasteiger partial charge in [-0.1, -0.05) is 52.5 Å². The van der Waals surface area contributed by atoms with Crippen molar-refractivity contribution in [1.82, 2.24) is 0 Å². The molecule has 0 saturated heterocycles. The number of rotatable bonds is 8. The van der Waals surface area contributed by atoms with Crippen molar-refractivity contribution in [2.45, 2.75) is 13.2 Å². The molecule has 0 aliphatic carbocycles. The van der Waals surface area contributed by atoms with E-state index in [1.165, 1.54) is 19.2 Å². The van der Waals surface area contributed by atoms with Crippen molar-refractivity contribution in [2.75, 3.05) is 12.4 Å². The summed E-state index contributed by atoms with van der Waals surface area (Å²) in [7, 11) is 1.51. The molecule has 5 nitrogen and oxygen atoms in total. The topological polar surface area (TPSA) is 67.8 Å². The lowest BCUT2D eigenvalue weighted by Crippen LogP contribution is -2.04. The molecule has 3 aromatic carbocycles. The first-order valence-corrected chi connectivity index (χ1v) is 10.5. The van der Waals surface area contributed by atoms with E-state index in [-0.39, 0.29) is 17.2 Å². The Bertz CT molecular complexity index is 1100. The van der Waals surface area contributed by atoms with Gasteiger partial charge in [0.1, 0.15) is 6.61 Å². The predicted octanol–water partition coefficient (Wildman–Crippen LogP) is 7.20. The van der Waals surface area contributed by atoms with E-state index in [4.69, 9.17) is 55.9 Å². The third-order valence-corrected chi connectivity index (χ3v) is 5.72. The number of methoxy groups -OCH3 is 1. The van der Waals surface area contributed by atoms with Crippen LogP contribution in [0.25, 0.3) is 0 Å². The molecule has 0 aliphatic rings. The third-order valence-electron chi connectivity index (χ3n) is 4.41. The van der Waals surface area contributed by atoms with Gasteiger partial charge in [0.05, 0.1) is 22.7 Å². The van der Waals surface area contributed by atoms with Crippen LogP contribution in [-0.4, -0.2) is 18.2 Å². The fraction of sp³-hybridized carbons (Fsp3) is 0.136.